The van der Waals surface area contributed by atoms with Gasteiger partial charge in [-0.2, -0.15) is 9.97 Å². The number of nitrogens with one attached hydrogen (secondary N) is 2. The Morgan fingerprint density at radius 2 is 1.97 bits per heavy atom. The van der Waals surface area contributed by atoms with Crippen LogP contribution in [0, 0.1) is 0 Å². The van der Waals surface area contributed by atoms with Crippen LogP contribution in [-0.2, 0) is 14.2 Å². The minimum Gasteiger partial charge on any atom is -0.365 e. The highest BCUT2D eigenvalue weighted by molar-refractivity contribution is 6.28. The number of anilines is 1. The number of hydrogen-bond donors (Lipinski definition) is 2. The normalized spacial score (nSPS) is 31.6. The predicted molar refractivity (Wildman–Crippen MR) is 108 cm³/mol. The highest BCUT2D eigenvalue weighted by atomic mass is 35.5. The molecule has 2 aromatic rings. The van der Waals surface area contributed by atoms with Crippen LogP contribution in [0.25, 0.3) is 11.2 Å². The van der Waals surface area contributed by atoms with Gasteiger partial charge in [-0.15, -0.1) is 0 Å². The maximum Gasteiger partial charge on any atom is 0.226 e. The molecule has 4 atom stereocenters. The first kappa shape index (κ1) is 19.4. The van der Waals surface area contributed by atoms with Gasteiger partial charge in [0, 0.05) is 12.6 Å². The van der Waals surface area contributed by atoms with Gasteiger partial charge in [-0.3, -0.25) is 4.57 Å². The molecule has 2 aliphatic heterocycles. The molecule has 0 spiro atoms. The maximum absolute atomic E-state index is 6.31. The van der Waals surface area contributed by atoms with Crippen molar-refractivity contribution in [2.24, 2.45) is 0 Å². The quantitative estimate of drug-likeness (QED) is 0.709. The van der Waals surface area contributed by atoms with E-state index in [9.17, 15) is 0 Å². The molecule has 0 unspecified atom stereocenters. The van der Waals surface area contributed by atoms with Gasteiger partial charge in [0.1, 0.15) is 18.3 Å². The topological polar surface area (TPSA) is 95.4 Å². The number of nitrogens with zero attached hydrogens (tertiary/aromatic N) is 4. The van der Waals surface area contributed by atoms with Crippen LogP contribution in [0.2, 0.25) is 5.28 Å². The Balaban J connectivity index is 1.50. The zero-order valence-electron chi connectivity index (χ0n) is 16.9. The third-order valence-electron chi connectivity index (χ3n) is 5.89. The molecule has 10 heteroatoms. The van der Waals surface area contributed by atoms with E-state index in [2.05, 4.69) is 25.6 Å². The summed E-state index contributed by atoms with van der Waals surface area (Å²) in [6.45, 7) is 4.51. The van der Waals surface area contributed by atoms with Gasteiger partial charge in [0.15, 0.2) is 29.0 Å². The molecular weight excluding hydrogens is 396 g/mol. The molecule has 29 heavy (non-hydrogen) atoms. The lowest BCUT2D eigenvalue weighted by molar-refractivity contribution is -0.195. The molecule has 1 saturated carbocycles. The minimum absolute atomic E-state index is 0.136. The Bertz CT molecular complexity index is 899. The van der Waals surface area contributed by atoms with E-state index in [0.29, 0.717) is 29.6 Å². The van der Waals surface area contributed by atoms with Gasteiger partial charge in [-0.05, 0) is 45.3 Å². The summed E-state index contributed by atoms with van der Waals surface area (Å²) in [5.41, 5.74) is 1.32. The number of aromatic nitrogens is 4. The van der Waals surface area contributed by atoms with Crippen molar-refractivity contribution in [2.45, 2.75) is 75.9 Å². The lowest BCUT2D eigenvalue weighted by Gasteiger charge is -2.24. The van der Waals surface area contributed by atoms with E-state index < -0.39 is 12.0 Å². The molecule has 2 aromatic heterocycles. The van der Waals surface area contributed by atoms with E-state index in [4.69, 9.17) is 25.8 Å². The number of likely N-dealkylation sites (N-methyl/N-ethyl adjacent to an activating group) is 1. The van der Waals surface area contributed by atoms with E-state index in [1.165, 1.54) is 12.8 Å². The van der Waals surface area contributed by atoms with Crippen LogP contribution in [-0.4, -0.2) is 63.3 Å². The van der Waals surface area contributed by atoms with Crippen LogP contribution in [0.15, 0.2) is 6.33 Å². The van der Waals surface area contributed by atoms with Gasteiger partial charge < -0.3 is 24.8 Å². The fourth-order valence-electron chi connectivity index (χ4n) is 4.69. The molecule has 4 heterocycles. The Morgan fingerprint density at radius 1 is 1.21 bits per heavy atom. The Hall–Kier alpha value is -1.52. The number of rotatable bonds is 5. The second kappa shape index (κ2) is 7.31. The summed E-state index contributed by atoms with van der Waals surface area (Å²) >= 11 is 6.27. The van der Waals surface area contributed by atoms with Crippen LogP contribution in [0.1, 0.15) is 45.8 Å². The van der Waals surface area contributed by atoms with Crippen molar-refractivity contribution in [1.29, 1.82) is 0 Å². The van der Waals surface area contributed by atoms with E-state index in [-0.39, 0.29) is 23.6 Å². The van der Waals surface area contributed by atoms with Gasteiger partial charge >= 0.3 is 0 Å². The SMILES string of the molecule is CNC[C@H]1O[C@@H](n2cnc3c(NC4CCCC4)nc(Cl)nc32)[C@@H]2OC(C)(C)O[C@@H]21. The van der Waals surface area contributed by atoms with E-state index in [0.717, 1.165) is 12.8 Å². The molecule has 5 rings (SSSR count). The fraction of sp³-hybridized carbons (Fsp3) is 0.737. The van der Waals surface area contributed by atoms with Crippen molar-refractivity contribution in [1.82, 2.24) is 24.8 Å². The van der Waals surface area contributed by atoms with Gasteiger partial charge in [-0.25, -0.2) is 4.98 Å². The average Bonchev–Trinajstić information content (AvgIpc) is 3.41. The molecule has 2 N–H and O–H groups in total. The zero-order chi connectivity index (χ0) is 20.2. The van der Waals surface area contributed by atoms with Crippen LogP contribution < -0.4 is 10.6 Å². The van der Waals surface area contributed by atoms with Gasteiger partial charge in [0.05, 0.1) is 6.33 Å². The third kappa shape index (κ3) is 3.48. The first-order chi connectivity index (χ1) is 13.9. The molecule has 0 amide bonds. The van der Waals surface area contributed by atoms with Crippen LogP contribution in [0.5, 0.6) is 0 Å². The highest BCUT2D eigenvalue weighted by Crippen LogP contribution is 2.43. The molecule has 9 nitrogen and oxygen atoms in total. The molecule has 2 saturated heterocycles. The molecule has 3 aliphatic rings. The first-order valence-electron chi connectivity index (χ1n) is 10.3. The summed E-state index contributed by atoms with van der Waals surface area (Å²) in [6.07, 6.45) is 5.47. The second-order valence-corrected chi connectivity index (χ2v) is 8.82. The molecule has 0 bridgehead atoms. The molecular formula is C19H27ClN6O3. The maximum atomic E-state index is 6.31. The monoisotopic (exact) mass is 422 g/mol. The first-order valence-corrected chi connectivity index (χ1v) is 10.7. The predicted octanol–water partition coefficient (Wildman–Crippen LogP) is 2.47. The molecule has 3 fully saturated rings. The number of halogens is 1. The molecule has 0 radical (unpaired) electrons. The van der Waals surface area contributed by atoms with E-state index in [1.807, 2.05) is 25.5 Å². The number of imidazole rings is 1. The molecule has 158 valence electrons. The summed E-state index contributed by atoms with van der Waals surface area (Å²) in [7, 11) is 1.90. The average molecular weight is 423 g/mol. The van der Waals surface area contributed by atoms with Crippen molar-refractivity contribution in [3.63, 3.8) is 0 Å². The summed E-state index contributed by atoms with van der Waals surface area (Å²) in [6, 6.07) is 0.397. The standard InChI is InChI=1S/C19H27ClN6O3/c1-19(2)28-13-11(8-21-3)27-17(14(13)29-19)26-9-22-12-15(23-10-6-4-5-7-10)24-18(20)25-16(12)26/h9-11,13-14,17,21H,4-8H2,1-3H3,(H,23,24,25)/t11-,13-,14-,17-/m1/s1. The van der Waals surface area contributed by atoms with E-state index >= 15 is 0 Å². The summed E-state index contributed by atoms with van der Waals surface area (Å²) in [5.74, 6) is 0.0116. The fourth-order valence-corrected chi connectivity index (χ4v) is 4.85. The zero-order valence-corrected chi connectivity index (χ0v) is 17.6. The molecule has 0 aromatic carbocycles. The number of hydrogen-bond acceptors (Lipinski definition) is 8. The second-order valence-electron chi connectivity index (χ2n) is 8.48. The van der Waals surface area contributed by atoms with Crippen molar-refractivity contribution >= 4 is 28.6 Å². The number of fused-ring (bicyclic) bond motifs is 2. The summed E-state index contributed by atoms with van der Waals surface area (Å²) in [5, 5.41) is 6.85. The largest absolute Gasteiger partial charge is 0.365 e. The van der Waals surface area contributed by atoms with Crippen molar-refractivity contribution in [2.75, 3.05) is 18.9 Å². The Kier molecular flexibility index (Phi) is 4.90. The Labute approximate surface area is 174 Å². The van der Waals surface area contributed by atoms with Crippen LogP contribution in [0.4, 0.5) is 5.82 Å². The number of ether oxygens (including phenoxy) is 3. The van der Waals surface area contributed by atoms with Crippen molar-refractivity contribution in [3.05, 3.63) is 11.6 Å². The third-order valence-corrected chi connectivity index (χ3v) is 6.06. The van der Waals surface area contributed by atoms with Crippen LogP contribution >= 0.6 is 11.6 Å². The highest BCUT2D eigenvalue weighted by Gasteiger charge is 2.55. The smallest absolute Gasteiger partial charge is 0.226 e. The molecule has 1 aliphatic carbocycles. The summed E-state index contributed by atoms with van der Waals surface area (Å²) in [4.78, 5) is 13.5. The Morgan fingerprint density at radius 3 is 2.72 bits per heavy atom. The minimum atomic E-state index is -0.665. The van der Waals surface area contributed by atoms with Crippen LogP contribution in [0.3, 0.4) is 0 Å². The van der Waals surface area contributed by atoms with Crippen molar-refractivity contribution < 1.29 is 14.2 Å². The lowest BCUT2D eigenvalue weighted by atomic mass is 10.1. The van der Waals surface area contributed by atoms with Gasteiger partial charge in [0.25, 0.3) is 0 Å². The lowest BCUT2D eigenvalue weighted by Crippen LogP contribution is -2.36. The van der Waals surface area contributed by atoms with E-state index in [1.54, 1.807) is 6.33 Å². The van der Waals surface area contributed by atoms with Gasteiger partial charge in [-0.1, -0.05) is 12.8 Å². The van der Waals surface area contributed by atoms with Crippen molar-refractivity contribution in [3.8, 4) is 0 Å². The van der Waals surface area contributed by atoms with Gasteiger partial charge in [0.2, 0.25) is 5.28 Å². The summed E-state index contributed by atoms with van der Waals surface area (Å²) < 4.78 is 20.5.